The Morgan fingerprint density at radius 2 is 1.87 bits per heavy atom. The number of carbonyl (C=O) groups is 1. The van der Waals surface area contributed by atoms with E-state index in [1.165, 1.54) is 0 Å². The zero-order valence-corrected chi connectivity index (χ0v) is 8.31. The Labute approximate surface area is 86.8 Å². The molecule has 4 N–H and O–H groups in total. The standard InChI is InChI=1S/C8H16O7/c1-2-14-15-6(4-10)8(13)7(12)5(11)3-9/h4-9,11-13H,2-3H2,1H3/t5-,6+,7-,8-/m1/s1. The molecule has 4 atom stereocenters. The molecule has 0 aliphatic heterocycles. The summed E-state index contributed by atoms with van der Waals surface area (Å²) in [6.07, 6.45) is -6.09. The van der Waals surface area contributed by atoms with Crippen molar-refractivity contribution in [1.29, 1.82) is 0 Å². The number of rotatable bonds is 8. The van der Waals surface area contributed by atoms with Crippen LogP contribution < -0.4 is 0 Å². The van der Waals surface area contributed by atoms with E-state index in [0.29, 0.717) is 0 Å². The molecule has 0 radical (unpaired) electrons. The molecule has 0 aromatic heterocycles. The van der Waals surface area contributed by atoms with Crippen molar-refractivity contribution in [2.45, 2.75) is 31.3 Å². The maximum absolute atomic E-state index is 10.4. The Morgan fingerprint density at radius 3 is 2.27 bits per heavy atom. The van der Waals surface area contributed by atoms with Crippen molar-refractivity contribution in [3.8, 4) is 0 Å². The van der Waals surface area contributed by atoms with Crippen LogP contribution >= 0.6 is 0 Å². The van der Waals surface area contributed by atoms with Gasteiger partial charge in [0.1, 0.15) is 18.3 Å². The SMILES string of the molecule is CCOO[C@@H](C=O)[C@@H](O)[C@H](O)[C@H](O)CO. The molecule has 0 unspecified atom stereocenters. The van der Waals surface area contributed by atoms with Gasteiger partial charge in [-0.1, -0.05) is 0 Å². The van der Waals surface area contributed by atoms with Gasteiger partial charge in [0.15, 0.2) is 12.4 Å². The fraction of sp³-hybridized carbons (Fsp3) is 0.875. The van der Waals surface area contributed by atoms with Crippen LogP contribution in [0, 0.1) is 0 Å². The Morgan fingerprint density at radius 1 is 1.27 bits per heavy atom. The third-order valence-electron chi connectivity index (χ3n) is 1.70. The van der Waals surface area contributed by atoms with Crippen molar-refractivity contribution < 1.29 is 35.0 Å². The molecule has 0 aromatic rings. The van der Waals surface area contributed by atoms with Crippen molar-refractivity contribution in [1.82, 2.24) is 0 Å². The van der Waals surface area contributed by atoms with Gasteiger partial charge in [-0.15, -0.1) is 0 Å². The lowest BCUT2D eigenvalue weighted by Gasteiger charge is -2.24. The second kappa shape index (κ2) is 7.69. The monoisotopic (exact) mass is 224 g/mol. The van der Waals surface area contributed by atoms with Crippen molar-refractivity contribution in [2.24, 2.45) is 0 Å². The normalized spacial score (nSPS) is 19.3. The van der Waals surface area contributed by atoms with Crippen LogP contribution in [0.3, 0.4) is 0 Å². The average molecular weight is 224 g/mol. The van der Waals surface area contributed by atoms with Gasteiger partial charge in [-0.3, -0.25) is 0 Å². The predicted molar refractivity (Wildman–Crippen MR) is 47.7 cm³/mol. The van der Waals surface area contributed by atoms with E-state index in [1.807, 2.05) is 0 Å². The second-order valence-corrected chi connectivity index (χ2v) is 2.83. The fourth-order valence-electron chi connectivity index (χ4n) is 0.837. The van der Waals surface area contributed by atoms with E-state index in [1.54, 1.807) is 6.92 Å². The molecule has 0 bridgehead atoms. The Kier molecular flexibility index (Phi) is 7.39. The summed E-state index contributed by atoms with van der Waals surface area (Å²) in [5.41, 5.74) is 0. The minimum atomic E-state index is -1.69. The van der Waals surface area contributed by atoms with Crippen molar-refractivity contribution in [3.63, 3.8) is 0 Å². The lowest BCUT2D eigenvalue weighted by molar-refractivity contribution is -0.329. The summed E-state index contributed by atoms with van der Waals surface area (Å²) in [5, 5.41) is 36.1. The Balaban J connectivity index is 4.23. The number of hydrogen-bond donors (Lipinski definition) is 4. The van der Waals surface area contributed by atoms with Gasteiger partial charge in [-0.2, -0.15) is 0 Å². The van der Waals surface area contributed by atoms with E-state index in [0.717, 1.165) is 0 Å². The fourth-order valence-corrected chi connectivity index (χ4v) is 0.837. The molecule has 0 heterocycles. The van der Waals surface area contributed by atoms with E-state index in [9.17, 15) is 15.0 Å². The minimum absolute atomic E-state index is 0.162. The summed E-state index contributed by atoms with van der Waals surface area (Å²) in [7, 11) is 0. The zero-order chi connectivity index (χ0) is 11.8. The van der Waals surface area contributed by atoms with Crippen LogP contribution in [0.1, 0.15) is 6.92 Å². The number of aliphatic hydroxyl groups excluding tert-OH is 4. The van der Waals surface area contributed by atoms with Crippen LogP contribution in [0.25, 0.3) is 0 Å². The minimum Gasteiger partial charge on any atom is -0.394 e. The topological polar surface area (TPSA) is 116 Å². The van der Waals surface area contributed by atoms with Crippen LogP contribution in [-0.2, 0) is 14.6 Å². The van der Waals surface area contributed by atoms with Crippen LogP contribution in [0.2, 0.25) is 0 Å². The molecule has 0 rings (SSSR count). The molecule has 0 aliphatic rings. The van der Waals surface area contributed by atoms with E-state index in [2.05, 4.69) is 9.78 Å². The van der Waals surface area contributed by atoms with Gasteiger partial charge in [-0.25, -0.2) is 9.78 Å². The highest BCUT2D eigenvalue weighted by molar-refractivity contribution is 5.57. The lowest BCUT2D eigenvalue weighted by Crippen LogP contribution is -2.47. The van der Waals surface area contributed by atoms with Crippen LogP contribution in [-0.4, -0.2) is 64.3 Å². The quantitative estimate of drug-likeness (QED) is 0.206. The molecular weight excluding hydrogens is 208 g/mol. The number of aliphatic hydroxyl groups is 4. The van der Waals surface area contributed by atoms with Gasteiger partial charge >= 0.3 is 0 Å². The number of aldehydes is 1. The first-order valence-electron chi connectivity index (χ1n) is 4.47. The van der Waals surface area contributed by atoms with E-state index < -0.39 is 31.0 Å². The molecule has 7 heteroatoms. The molecule has 0 saturated heterocycles. The third-order valence-corrected chi connectivity index (χ3v) is 1.70. The van der Waals surface area contributed by atoms with Gasteiger partial charge in [0.25, 0.3) is 0 Å². The number of hydrogen-bond acceptors (Lipinski definition) is 7. The van der Waals surface area contributed by atoms with Crippen molar-refractivity contribution in [3.05, 3.63) is 0 Å². The summed E-state index contributed by atoms with van der Waals surface area (Å²) in [4.78, 5) is 19.3. The molecular formula is C8H16O7. The van der Waals surface area contributed by atoms with E-state index in [4.69, 9.17) is 10.2 Å². The highest BCUT2D eigenvalue weighted by Crippen LogP contribution is 2.07. The molecule has 0 saturated carbocycles. The summed E-state index contributed by atoms with van der Waals surface area (Å²) in [6, 6.07) is 0. The molecule has 0 spiro atoms. The summed E-state index contributed by atoms with van der Waals surface area (Å²) < 4.78 is 0. The third kappa shape index (κ3) is 4.65. The highest BCUT2D eigenvalue weighted by Gasteiger charge is 2.32. The summed E-state index contributed by atoms with van der Waals surface area (Å²) >= 11 is 0. The lowest BCUT2D eigenvalue weighted by atomic mass is 10.0. The summed E-state index contributed by atoms with van der Waals surface area (Å²) in [6.45, 7) is 1.03. The molecule has 0 fully saturated rings. The highest BCUT2D eigenvalue weighted by atomic mass is 17.2. The molecule has 0 aliphatic carbocycles. The van der Waals surface area contributed by atoms with E-state index in [-0.39, 0.29) is 12.9 Å². The van der Waals surface area contributed by atoms with Crippen LogP contribution in [0.5, 0.6) is 0 Å². The molecule has 0 amide bonds. The summed E-state index contributed by atoms with van der Waals surface area (Å²) in [5.74, 6) is 0. The molecule has 15 heavy (non-hydrogen) atoms. The van der Waals surface area contributed by atoms with Crippen LogP contribution in [0.4, 0.5) is 0 Å². The predicted octanol–water partition coefficient (Wildman–Crippen LogP) is -2.40. The van der Waals surface area contributed by atoms with Gasteiger partial charge < -0.3 is 25.2 Å². The largest absolute Gasteiger partial charge is 0.394 e. The second-order valence-electron chi connectivity index (χ2n) is 2.83. The van der Waals surface area contributed by atoms with E-state index >= 15 is 0 Å². The maximum atomic E-state index is 10.4. The molecule has 7 nitrogen and oxygen atoms in total. The van der Waals surface area contributed by atoms with Gasteiger partial charge in [-0.05, 0) is 6.92 Å². The van der Waals surface area contributed by atoms with Gasteiger partial charge in [0.05, 0.1) is 13.2 Å². The smallest absolute Gasteiger partial charge is 0.176 e. The molecule has 90 valence electrons. The molecule has 0 aromatic carbocycles. The Hall–Kier alpha value is -0.570. The van der Waals surface area contributed by atoms with Crippen LogP contribution in [0.15, 0.2) is 0 Å². The van der Waals surface area contributed by atoms with Gasteiger partial charge in [0, 0.05) is 0 Å². The Bertz CT molecular complexity index is 174. The van der Waals surface area contributed by atoms with Crippen molar-refractivity contribution in [2.75, 3.05) is 13.2 Å². The van der Waals surface area contributed by atoms with Crippen molar-refractivity contribution >= 4 is 6.29 Å². The number of carbonyl (C=O) groups excluding carboxylic acids is 1. The zero-order valence-electron chi connectivity index (χ0n) is 8.31. The first-order chi connectivity index (χ1) is 7.08. The average Bonchev–Trinajstić information content (AvgIpc) is 2.27. The first kappa shape index (κ1) is 14.4. The first-order valence-corrected chi connectivity index (χ1v) is 4.47. The van der Waals surface area contributed by atoms with Gasteiger partial charge in [0.2, 0.25) is 0 Å². The maximum Gasteiger partial charge on any atom is 0.176 e.